The Kier molecular flexibility index (Phi) is 4.53. The zero-order valence-corrected chi connectivity index (χ0v) is 13.4. The van der Waals surface area contributed by atoms with Gasteiger partial charge in [0.25, 0.3) is 0 Å². The van der Waals surface area contributed by atoms with Crippen LogP contribution < -0.4 is 5.32 Å². The molecule has 110 valence electrons. The predicted octanol–water partition coefficient (Wildman–Crippen LogP) is 2.60. The Morgan fingerprint density at radius 1 is 1.55 bits per heavy atom. The average molecular weight is 341 g/mol. The largest absolute Gasteiger partial charge is 0.369 e. The molecule has 0 spiro atoms. The lowest BCUT2D eigenvalue weighted by Crippen LogP contribution is -2.42. The van der Waals surface area contributed by atoms with Gasteiger partial charge in [0.15, 0.2) is 5.82 Å². The van der Waals surface area contributed by atoms with E-state index in [1.807, 2.05) is 6.20 Å². The molecule has 1 N–H and O–H groups in total. The minimum absolute atomic E-state index is 0.000346. The van der Waals surface area contributed by atoms with E-state index in [-0.39, 0.29) is 6.10 Å². The number of ether oxygens (including phenoxy) is 1. The summed E-state index contributed by atoms with van der Waals surface area (Å²) in [5.74, 6) is 1.65. The Balaban J connectivity index is 1.73. The number of rotatable bonds is 4. The highest BCUT2D eigenvalue weighted by molar-refractivity contribution is 9.10. The maximum atomic E-state index is 5.97. The van der Waals surface area contributed by atoms with E-state index < -0.39 is 0 Å². The monoisotopic (exact) mass is 340 g/mol. The third-order valence-electron chi connectivity index (χ3n) is 3.98. The smallest absolute Gasteiger partial charge is 0.160 e. The van der Waals surface area contributed by atoms with Crippen LogP contribution in [0.3, 0.4) is 0 Å². The van der Waals surface area contributed by atoms with Crippen LogP contribution in [-0.4, -0.2) is 47.2 Å². The Morgan fingerprint density at radius 2 is 2.45 bits per heavy atom. The summed E-state index contributed by atoms with van der Waals surface area (Å²) in [5.41, 5.74) is 0. The van der Waals surface area contributed by atoms with Gasteiger partial charge < -0.3 is 10.1 Å². The highest BCUT2D eigenvalue weighted by Gasteiger charge is 2.34. The predicted molar refractivity (Wildman–Crippen MR) is 81.8 cm³/mol. The van der Waals surface area contributed by atoms with Crippen LogP contribution >= 0.6 is 15.9 Å². The molecule has 3 heterocycles. The summed E-state index contributed by atoms with van der Waals surface area (Å²) in [6, 6.07) is 0.611. The van der Waals surface area contributed by atoms with Crippen molar-refractivity contribution >= 4 is 21.7 Å². The van der Waals surface area contributed by atoms with Crippen molar-refractivity contribution in [3.63, 3.8) is 0 Å². The molecule has 1 aromatic rings. The van der Waals surface area contributed by atoms with Crippen LogP contribution in [0, 0.1) is 0 Å². The first kappa shape index (κ1) is 14.2. The van der Waals surface area contributed by atoms with E-state index >= 15 is 0 Å². The topological polar surface area (TPSA) is 50.3 Å². The van der Waals surface area contributed by atoms with E-state index in [1.165, 1.54) is 19.4 Å². The summed E-state index contributed by atoms with van der Waals surface area (Å²) < 4.78 is 6.87. The van der Waals surface area contributed by atoms with Crippen molar-refractivity contribution in [1.82, 2.24) is 14.9 Å². The van der Waals surface area contributed by atoms with Crippen LogP contribution in [0.5, 0.6) is 0 Å². The number of halogens is 1. The van der Waals surface area contributed by atoms with Gasteiger partial charge in [-0.3, -0.25) is 4.90 Å². The maximum absolute atomic E-state index is 5.97. The van der Waals surface area contributed by atoms with Gasteiger partial charge in [0.1, 0.15) is 11.9 Å². The van der Waals surface area contributed by atoms with Crippen molar-refractivity contribution < 1.29 is 4.74 Å². The van der Waals surface area contributed by atoms with Gasteiger partial charge in [0.2, 0.25) is 0 Å². The Morgan fingerprint density at radius 3 is 3.30 bits per heavy atom. The molecule has 2 unspecified atom stereocenters. The van der Waals surface area contributed by atoms with Crippen molar-refractivity contribution in [2.45, 2.75) is 38.3 Å². The molecule has 6 heteroatoms. The molecule has 2 aliphatic rings. The number of morpholine rings is 1. The summed E-state index contributed by atoms with van der Waals surface area (Å²) in [5, 5.41) is 3.32. The molecule has 0 aromatic carbocycles. The number of hydrogen-bond donors (Lipinski definition) is 1. The fourth-order valence-corrected chi connectivity index (χ4v) is 3.21. The molecule has 0 amide bonds. The molecule has 2 aliphatic heterocycles. The summed E-state index contributed by atoms with van der Waals surface area (Å²) in [7, 11) is 0. The number of fused-ring (bicyclic) bond motifs is 1. The Hall–Kier alpha value is -0.720. The first-order valence-electron chi connectivity index (χ1n) is 7.40. The van der Waals surface area contributed by atoms with Crippen molar-refractivity contribution in [2.75, 3.05) is 31.6 Å². The van der Waals surface area contributed by atoms with Crippen molar-refractivity contribution in [2.24, 2.45) is 0 Å². The van der Waals surface area contributed by atoms with E-state index in [0.717, 1.165) is 42.2 Å². The van der Waals surface area contributed by atoms with Gasteiger partial charge in [0.05, 0.1) is 11.1 Å². The molecule has 1 aromatic heterocycles. The molecular formula is C14H21BrN4O. The lowest BCUT2D eigenvalue weighted by molar-refractivity contribution is -0.0540. The zero-order chi connectivity index (χ0) is 13.9. The SMILES string of the molecule is CCCNc1nc(C2CN3CCCC3CO2)ncc1Br. The molecule has 5 nitrogen and oxygen atoms in total. The highest BCUT2D eigenvalue weighted by Crippen LogP contribution is 2.30. The number of nitrogens with one attached hydrogen (secondary N) is 1. The molecule has 20 heavy (non-hydrogen) atoms. The normalized spacial score (nSPS) is 26.5. The molecule has 0 saturated carbocycles. The van der Waals surface area contributed by atoms with E-state index in [0.29, 0.717) is 6.04 Å². The van der Waals surface area contributed by atoms with Gasteiger partial charge in [-0.2, -0.15) is 0 Å². The second-order valence-corrected chi connectivity index (χ2v) is 6.32. The lowest BCUT2D eigenvalue weighted by atomic mass is 10.2. The van der Waals surface area contributed by atoms with Gasteiger partial charge >= 0.3 is 0 Å². The third-order valence-corrected chi connectivity index (χ3v) is 4.56. The molecule has 2 atom stereocenters. The summed E-state index contributed by atoms with van der Waals surface area (Å²) in [6.07, 6.45) is 5.43. The van der Waals surface area contributed by atoms with Crippen LogP contribution in [0.15, 0.2) is 10.7 Å². The minimum Gasteiger partial charge on any atom is -0.369 e. The van der Waals surface area contributed by atoms with Crippen molar-refractivity contribution in [3.05, 3.63) is 16.5 Å². The quantitative estimate of drug-likeness (QED) is 0.912. The van der Waals surface area contributed by atoms with Crippen LogP contribution in [0.1, 0.15) is 38.1 Å². The summed E-state index contributed by atoms with van der Waals surface area (Å²) in [4.78, 5) is 11.6. The molecular weight excluding hydrogens is 320 g/mol. The second-order valence-electron chi connectivity index (χ2n) is 5.46. The minimum atomic E-state index is -0.000346. The van der Waals surface area contributed by atoms with E-state index in [2.05, 4.69) is 43.0 Å². The van der Waals surface area contributed by atoms with Crippen molar-refractivity contribution in [3.8, 4) is 0 Å². The van der Waals surface area contributed by atoms with Gasteiger partial charge in [-0.15, -0.1) is 0 Å². The number of aromatic nitrogens is 2. The van der Waals surface area contributed by atoms with Crippen LogP contribution in [0.25, 0.3) is 0 Å². The Labute approximate surface area is 128 Å². The first-order valence-corrected chi connectivity index (χ1v) is 8.19. The van der Waals surface area contributed by atoms with E-state index in [1.54, 1.807) is 0 Å². The van der Waals surface area contributed by atoms with Crippen LogP contribution in [0.2, 0.25) is 0 Å². The number of nitrogens with zero attached hydrogens (tertiary/aromatic N) is 3. The van der Waals surface area contributed by atoms with Crippen molar-refractivity contribution in [1.29, 1.82) is 0 Å². The van der Waals surface area contributed by atoms with Gasteiger partial charge in [0, 0.05) is 25.3 Å². The van der Waals surface area contributed by atoms with E-state index in [9.17, 15) is 0 Å². The molecule has 0 aliphatic carbocycles. The number of hydrogen-bond acceptors (Lipinski definition) is 5. The zero-order valence-electron chi connectivity index (χ0n) is 11.8. The van der Waals surface area contributed by atoms with Crippen LogP contribution in [-0.2, 0) is 4.74 Å². The average Bonchev–Trinajstić information content (AvgIpc) is 2.94. The van der Waals surface area contributed by atoms with Crippen LogP contribution in [0.4, 0.5) is 5.82 Å². The maximum Gasteiger partial charge on any atom is 0.160 e. The number of anilines is 1. The standard InChI is InChI=1S/C14H21BrN4O/c1-2-5-16-13-11(15)7-17-14(18-13)12-8-19-6-3-4-10(19)9-20-12/h7,10,12H,2-6,8-9H2,1H3,(H,16,17,18). The first-order chi connectivity index (χ1) is 9.78. The summed E-state index contributed by atoms with van der Waals surface area (Å²) >= 11 is 3.49. The third kappa shape index (κ3) is 2.97. The lowest BCUT2D eigenvalue weighted by Gasteiger charge is -2.34. The Bertz CT molecular complexity index is 470. The molecule has 2 saturated heterocycles. The summed E-state index contributed by atoms with van der Waals surface area (Å²) in [6.45, 7) is 5.96. The highest BCUT2D eigenvalue weighted by atomic mass is 79.9. The molecule has 0 radical (unpaired) electrons. The van der Waals surface area contributed by atoms with Gasteiger partial charge in [-0.1, -0.05) is 6.92 Å². The fraction of sp³-hybridized carbons (Fsp3) is 0.714. The van der Waals surface area contributed by atoms with E-state index in [4.69, 9.17) is 4.74 Å². The fourth-order valence-electron chi connectivity index (χ4n) is 2.88. The molecule has 3 rings (SSSR count). The second kappa shape index (κ2) is 6.37. The van der Waals surface area contributed by atoms with Gasteiger partial charge in [-0.25, -0.2) is 9.97 Å². The van der Waals surface area contributed by atoms with Gasteiger partial charge in [-0.05, 0) is 41.7 Å². The molecule has 2 fully saturated rings. The molecule has 0 bridgehead atoms.